The van der Waals surface area contributed by atoms with Gasteiger partial charge >= 0.3 is 0 Å². The number of aromatic nitrogens is 2. The van der Waals surface area contributed by atoms with E-state index in [1.165, 1.54) is 18.4 Å². The molecule has 1 aliphatic rings. The van der Waals surface area contributed by atoms with Gasteiger partial charge in [-0.25, -0.2) is 4.98 Å². The second-order valence-corrected chi connectivity index (χ2v) is 4.21. The van der Waals surface area contributed by atoms with E-state index in [9.17, 15) is 0 Å². The molecule has 14 heavy (non-hydrogen) atoms. The third-order valence-corrected chi connectivity index (χ3v) is 2.94. The zero-order valence-corrected chi connectivity index (χ0v) is 8.94. The smallest absolute Gasteiger partial charge is 0.196 e. The van der Waals surface area contributed by atoms with Gasteiger partial charge in [0.05, 0.1) is 0 Å². The minimum Gasteiger partial charge on any atom is -0.337 e. The minimum absolute atomic E-state index is 0.569. The molecular formula is C10H15N3S. The lowest BCUT2D eigenvalue weighted by Gasteiger charge is -2.22. The van der Waals surface area contributed by atoms with Crippen molar-refractivity contribution in [1.29, 1.82) is 0 Å². The zero-order chi connectivity index (χ0) is 9.80. The fourth-order valence-corrected chi connectivity index (χ4v) is 2.01. The van der Waals surface area contributed by atoms with Crippen LogP contribution in [0.1, 0.15) is 18.4 Å². The molecule has 2 heterocycles. The zero-order valence-electron chi connectivity index (χ0n) is 8.12. The van der Waals surface area contributed by atoms with Crippen molar-refractivity contribution >= 4 is 12.2 Å². The number of rotatable bonds is 2. The van der Waals surface area contributed by atoms with Gasteiger partial charge in [0.15, 0.2) is 4.77 Å². The van der Waals surface area contributed by atoms with E-state index in [4.69, 9.17) is 12.2 Å². The molecule has 1 aromatic rings. The Kier molecular flexibility index (Phi) is 3.26. The molecule has 0 bridgehead atoms. The Morgan fingerprint density at radius 1 is 1.43 bits per heavy atom. The molecule has 2 rings (SSSR count). The first-order valence-corrected chi connectivity index (χ1v) is 5.50. The summed E-state index contributed by atoms with van der Waals surface area (Å²) in [5.41, 5.74) is 1.27. The quantitative estimate of drug-likeness (QED) is 0.728. The second kappa shape index (κ2) is 4.66. The molecule has 2 N–H and O–H groups in total. The van der Waals surface area contributed by atoms with Crippen molar-refractivity contribution in [2.75, 3.05) is 13.1 Å². The van der Waals surface area contributed by atoms with E-state index >= 15 is 0 Å². The standard InChI is InChI=1S/C10H15N3S/c14-10-12-6-9(7-13-10)5-8-1-3-11-4-2-8/h6-8,11H,1-5H2,(H,12,13,14). The van der Waals surface area contributed by atoms with Crippen LogP contribution in [0.2, 0.25) is 0 Å². The summed E-state index contributed by atoms with van der Waals surface area (Å²) in [4.78, 5) is 7.07. The number of aromatic amines is 1. The molecule has 0 spiro atoms. The molecule has 1 fully saturated rings. The van der Waals surface area contributed by atoms with Gasteiger partial charge in [-0.15, -0.1) is 0 Å². The largest absolute Gasteiger partial charge is 0.337 e. The summed E-state index contributed by atoms with van der Waals surface area (Å²) in [6.07, 6.45) is 7.55. The fraction of sp³-hybridized carbons (Fsp3) is 0.600. The van der Waals surface area contributed by atoms with Gasteiger partial charge in [0, 0.05) is 12.4 Å². The van der Waals surface area contributed by atoms with E-state index in [-0.39, 0.29) is 0 Å². The van der Waals surface area contributed by atoms with E-state index in [1.807, 2.05) is 12.4 Å². The molecule has 76 valence electrons. The van der Waals surface area contributed by atoms with Crippen LogP contribution in [0, 0.1) is 10.7 Å². The van der Waals surface area contributed by atoms with Crippen LogP contribution >= 0.6 is 12.2 Å². The molecule has 4 heteroatoms. The fourth-order valence-electron chi connectivity index (χ4n) is 1.90. The maximum absolute atomic E-state index is 4.90. The minimum atomic E-state index is 0.569. The Bertz CT molecular complexity index is 321. The van der Waals surface area contributed by atoms with Crippen LogP contribution in [-0.4, -0.2) is 23.1 Å². The molecule has 0 aliphatic carbocycles. The van der Waals surface area contributed by atoms with Gasteiger partial charge in [-0.3, -0.25) is 0 Å². The van der Waals surface area contributed by atoms with E-state index in [1.54, 1.807) is 0 Å². The van der Waals surface area contributed by atoms with Crippen LogP contribution in [0.15, 0.2) is 12.4 Å². The first-order chi connectivity index (χ1) is 6.84. The highest BCUT2D eigenvalue weighted by atomic mass is 32.1. The highest BCUT2D eigenvalue weighted by molar-refractivity contribution is 7.71. The SMILES string of the molecule is S=c1ncc(CC2CCNCC2)c[nH]1. The molecular weight excluding hydrogens is 194 g/mol. The van der Waals surface area contributed by atoms with Crippen LogP contribution in [0.25, 0.3) is 0 Å². The van der Waals surface area contributed by atoms with E-state index in [2.05, 4.69) is 15.3 Å². The number of nitrogens with zero attached hydrogens (tertiary/aromatic N) is 1. The van der Waals surface area contributed by atoms with Crippen molar-refractivity contribution in [2.45, 2.75) is 19.3 Å². The normalized spacial score (nSPS) is 18.3. The monoisotopic (exact) mass is 209 g/mol. The van der Waals surface area contributed by atoms with Crippen LogP contribution in [0.3, 0.4) is 0 Å². The molecule has 0 radical (unpaired) electrons. The third-order valence-electron chi connectivity index (χ3n) is 2.71. The van der Waals surface area contributed by atoms with E-state index < -0.39 is 0 Å². The lowest BCUT2D eigenvalue weighted by atomic mass is 9.92. The topological polar surface area (TPSA) is 40.7 Å². The molecule has 3 nitrogen and oxygen atoms in total. The molecule has 1 aliphatic heterocycles. The summed E-state index contributed by atoms with van der Waals surface area (Å²) in [7, 11) is 0. The maximum Gasteiger partial charge on any atom is 0.196 e. The van der Waals surface area contributed by atoms with Crippen molar-refractivity contribution in [1.82, 2.24) is 15.3 Å². The Balaban J connectivity index is 1.96. The van der Waals surface area contributed by atoms with Crippen LogP contribution in [-0.2, 0) is 6.42 Å². The van der Waals surface area contributed by atoms with Crippen molar-refractivity contribution in [3.63, 3.8) is 0 Å². The lowest BCUT2D eigenvalue weighted by Crippen LogP contribution is -2.28. The summed E-state index contributed by atoms with van der Waals surface area (Å²) < 4.78 is 0.569. The highest BCUT2D eigenvalue weighted by Gasteiger charge is 2.13. The average molecular weight is 209 g/mol. The van der Waals surface area contributed by atoms with Gasteiger partial charge in [-0.2, -0.15) is 0 Å². The lowest BCUT2D eigenvalue weighted by molar-refractivity contribution is 0.372. The van der Waals surface area contributed by atoms with Gasteiger partial charge in [0.1, 0.15) is 0 Å². The number of nitrogens with one attached hydrogen (secondary N) is 2. The number of hydrogen-bond donors (Lipinski definition) is 2. The molecule has 0 saturated carbocycles. The summed E-state index contributed by atoms with van der Waals surface area (Å²) in [5.74, 6) is 0.808. The first-order valence-electron chi connectivity index (χ1n) is 5.09. The summed E-state index contributed by atoms with van der Waals surface area (Å²) >= 11 is 4.90. The van der Waals surface area contributed by atoms with Gasteiger partial charge in [0.2, 0.25) is 0 Å². The van der Waals surface area contributed by atoms with Gasteiger partial charge < -0.3 is 10.3 Å². The van der Waals surface area contributed by atoms with Gasteiger partial charge in [-0.1, -0.05) is 0 Å². The Morgan fingerprint density at radius 3 is 2.86 bits per heavy atom. The number of piperidine rings is 1. The molecule has 0 amide bonds. The van der Waals surface area contributed by atoms with Gasteiger partial charge in [-0.05, 0) is 56.1 Å². The molecule has 0 aromatic carbocycles. The molecule has 1 saturated heterocycles. The van der Waals surface area contributed by atoms with E-state index in [0.29, 0.717) is 4.77 Å². The summed E-state index contributed by atoms with van der Waals surface area (Å²) in [6, 6.07) is 0. The van der Waals surface area contributed by atoms with Crippen molar-refractivity contribution in [2.24, 2.45) is 5.92 Å². The van der Waals surface area contributed by atoms with E-state index in [0.717, 1.165) is 25.4 Å². The predicted molar refractivity (Wildman–Crippen MR) is 58.7 cm³/mol. The third kappa shape index (κ3) is 2.62. The van der Waals surface area contributed by atoms with Crippen molar-refractivity contribution in [3.05, 3.63) is 22.7 Å². The van der Waals surface area contributed by atoms with Crippen molar-refractivity contribution < 1.29 is 0 Å². The number of hydrogen-bond acceptors (Lipinski definition) is 3. The number of H-pyrrole nitrogens is 1. The summed E-state index contributed by atoms with van der Waals surface area (Å²) in [6.45, 7) is 2.31. The molecule has 0 atom stereocenters. The van der Waals surface area contributed by atoms with Crippen molar-refractivity contribution in [3.8, 4) is 0 Å². The Hall–Kier alpha value is -0.740. The van der Waals surface area contributed by atoms with Crippen LogP contribution in [0.4, 0.5) is 0 Å². The predicted octanol–water partition coefficient (Wildman–Crippen LogP) is 1.68. The molecule has 1 aromatic heterocycles. The Morgan fingerprint density at radius 2 is 2.21 bits per heavy atom. The first kappa shape index (κ1) is 9.80. The highest BCUT2D eigenvalue weighted by Crippen LogP contribution is 2.16. The average Bonchev–Trinajstić information content (AvgIpc) is 2.23. The summed E-state index contributed by atoms with van der Waals surface area (Å²) in [5, 5.41) is 3.37. The maximum atomic E-state index is 4.90. The Labute approximate surface area is 89.0 Å². The van der Waals surface area contributed by atoms with Crippen LogP contribution < -0.4 is 5.32 Å². The van der Waals surface area contributed by atoms with Gasteiger partial charge in [0.25, 0.3) is 0 Å². The van der Waals surface area contributed by atoms with Crippen LogP contribution in [0.5, 0.6) is 0 Å². The second-order valence-electron chi connectivity index (χ2n) is 3.82. The molecule has 0 unspecified atom stereocenters.